The first-order valence-corrected chi connectivity index (χ1v) is 8.30. The number of aliphatic carboxylic acids is 1. The van der Waals surface area contributed by atoms with E-state index in [2.05, 4.69) is 10.7 Å². The SMILES string of the molecule is O=C(NN1CCNCC1)c1ccc2cc(Cl)ccc2c1.O=C(O)C(F)(F)F. The highest BCUT2D eigenvalue weighted by Gasteiger charge is 2.38. The lowest BCUT2D eigenvalue weighted by Gasteiger charge is -2.27. The fourth-order valence-corrected chi connectivity index (χ4v) is 2.52. The summed E-state index contributed by atoms with van der Waals surface area (Å²) in [5.74, 6) is -2.82. The van der Waals surface area contributed by atoms with Crippen LogP contribution in [-0.4, -0.2) is 54.3 Å². The summed E-state index contributed by atoms with van der Waals surface area (Å²) in [7, 11) is 0. The van der Waals surface area contributed by atoms with Crippen LogP contribution in [0.1, 0.15) is 10.4 Å². The van der Waals surface area contributed by atoms with Crippen molar-refractivity contribution in [2.24, 2.45) is 0 Å². The maximum atomic E-state index is 12.2. The molecule has 3 rings (SSSR count). The smallest absolute Gasteiger partial charge is 0.475 e. The highest BCUT2D eigenvalue weighted by molar-refractivity contribution is 6.31. The Morgan fingerprint density at radius 2 is 1.63 bits per heavy atom. The van der Waals surface area contributed by atoms with Gasteiger partial charge in [0.05, 0.1) is 0 Å². The number of fused-ring (bicyclic) bond motifs is 1. The number of hydrogen-bond donors (Lipinski definition) is 3. The predicted molar refractivity (Wildman–Crippen MR) is 94.6 cm³/mol. The topological polar surface area (TPSA) is 81.7 Å². The van der Waals surface area contributed by atoms with Gasteiger partial charge in [-0.05, 0) is 35.0 Å². The molecule has 0 aromatic heterocycles. The summed E-state index contributed by atoms with van der Waals surface area (Å²) in [6.45, 7) is 3.46. The molecule has 0 saturated carbocycles. The van der Waals surface area contributed by atoms with E-state index in [9.17, 15) is 18.0 Å². The second-order valence-electron chi connectivity index (χ2n) is 5.69. The lowest BCUT2D eigenvalue weighted by atomic mass is 10.1. The number of carbonyl (C=O) groups is 2. The molecule has 1 amide bonds. The van der Waals surface area contributed by atoms with Gasteiger partial charge in [-0.1, -0.05) is 23.7 Å². The van der Waals surface area contributed by atoms with Crippen molar-refractivity contribution in [1.29, 1.82) is 0 Å². The summed E-state index contributed by atoms with van der Waals surface area (Å²) in [6, 6.07) is 11.3. The van der Waals surface area contributed by atoms with E-state index in [1.807, 2.05) is 41.4 Å². The van der Waals surface area contributed by atoms with Gasteiger partial charge in [0.15, 0.2) is 0 Å². The number of hydrazine groups is 1. The molecule has 0 aliphatic carbocycles. The molecule has 1 aliphatic heterocycles. The van der Waals surface area contributed by atoms with E-state index >= 15 is 0 Å². The van der Waals surface area contributed by atoms with Crippen LogP contribution in [0.15, 0.2) is 36.4 Å². The minimum absolute atomic E-state index is 0.0660. The first-order chi connectivity index (χ1) is 12.7. The lowest BCUT2D eigenvalue weighted by molar-refractivity contribution is -0.192. The summed E-state index contributed by atoms with van der Waals surface area (Å²) < 4.78 is 31.7. The number of nitrogens with one attached hydrogen (secondary N) is 2. The van der Waals surface area contributed by atoms with Crippen LogP contribution in [-0.2, 0) is 4.79 Å². The molecule has 6 nitrogen and oxygen atoms in total. The Balaban J connectivity index is 0.000000321. The summed E-state index contributed by atoms with van der Waals surface area (Å²) >= 11 is 5.96. The van der Waals surface area contributed by atoms with Crippen molar-refractivity contribution in [2.75, 3.05) is 26.2 Å². The molecule has 3 N–H and O–H groups in total. The molecular weight excluding hydrogens is 387 g/mol. The van der Waals surface area contributed by atoms with Gasteiger partial charge in [-0.3, -0.25) is 10.2 Å². The van der Waals surface area contributed by atoms with Gasteiger partial charge < -0.3 is 10.4 Å². The molecule has 1 fully saturated rings. The first-order valence-electron chi connectivity index (χ1n) is 7.93. The third-order valence-electron chi connectivity index (χ3n) is 3.68. The van der Waals surface area contributed by atoms with E-state index < -0.39 is 12.1 Å². The number of carbonyl (C=O) groups excluding carboxylic acids is 1. The third-order valence-corrected chi connectivity index (χ3v) is 3.92. The molecule has 0 radical (unpaired) electrons. The number of carboxylic acids is 1. The zero-order valence-electron chi connectivity index (χ0n) is 14.0. The van der Waals surface area contributed by atoms with Crippen LogP contribution < -0.4 is 10.7 Å². The van der Waals surface area contributed by atoms with Crippen LogP contribution in [0.5, 0.6) is 0 Å². The normalized spacial score (nSPS) is 15.0. The highest BCUT2D eigenvalue weighted by atomic mass is 35.5. The van der Waals surface area contributed by atoms with Crippen LogP contribution in [0.25, 0.3) is 10.8 Å². The van der Waals surface area contributed by atoms with Crippen molar-refractivity contribution in [2.45, 2.75) is 6.18 Å². The van der Waals surface area contributed by atoms with Gasteiger partial charge in [0.1, 0.15) is 0 Å². The number of alkyl halides is 3. The minimum Gasteiger partial charge on any atom is -0.475 e. The van der Waals surface area contributed by atoms with E-state index in [0.717, 1.165) is 37.0 Å². The zero-order chi connectivity index (χ0) is 20.0. The van der Waals surface area contributed by atoms with Crippen molar-refractivity contribution in [1.82, 2.24) is 15.8 Å². The Labute approximate surface area is 157 Å². The lowest BCUT2D eigenvalue weighted by Crippen LogP contribution is -2.52. The molecule has 10 heteroatoms. The molecule has 2 aromatic carbocycles. The fraction of sp³-hybridized carbons (Fsp3) is 0.294. The van der Waals surface area contributed by atoms with E-state index in [4.69, 9.17) is 21.5 Å². The molecule has 0 atom stereocenters. The molecule has 0 spiro atoms. The van der Waals surface area contributed by atoms with Crippen LogP contribution in [0.3, 0.4) is 0 Å². The van der Waals surface area contributed by atoms with Gasteiger partial charge >= 0.3 is 12.1 Å². The van der Waals surface area contributed by atoms with Crippen molar-refractivity contribution < 1.29 is 27.9 Å². The summed E-state index contributed by atoms with van der Waals surface area (Å²) in [5, 5.41) is 15.1. The van der Waals surface area contributed by atoms with Gasteiger partial charge in [-0.25, -0.2) is 9.80 Å². The number of nitrogens with zero attached hydrogens (tertiary/aromatic N) is 1. The third kappa shape index (κ3) is 6.38. The maximum Gasteiger partial charge on any atom is 0.490 e. The maximum absolute atomic E-state index is 12.2. The molecule has 1 saturated heterocycles. The predicted octanol–water partition coefficient (Wildman–Crippen LogP) is 2.68. The second-order valence-corrected chi connectivity index (χ2v) is 6.12. The number of carboxylic acid groups (broad SMARTS) is 1. The Morgan fingerprint density at radius 1 is 1.07 bits per heavy atom. The zero-order valence-corrected chi connectivity index (χ0v) is 14.8. The minimum atomic E-state index is -5.08. The molecule has 0 bridgehead atoms. The van der Waals surface area contributed by atoms with Crippen LogP contribution in [0.4, 0.5) is 13.2 Å². The average Bonchev–Trinajstić information content (AvgIpc) is 2.61. The standard InChI is InChI=1S/C15H16ClN3O.C2HF3O2/c16-14-4-3-11-9-13(2-1-12(11)10-14)15(20)18-19-7-5-17-6-8-19;3-2(4,5)1(6)7/h1-4,9-10,17H,5-8H2,(H,18,20);(H,6,7). The number of amides is 1. The van der Waals surface area contributed by atoms with Gasteiger partial charge in [-0.2, -0.15) is 13.2 Å². The number of piperazine rings is 1. The highest BCUT2D eigenvalue weighted by Crippen LogP contribution is 2.20. The molecule has 2 aromatic rings. The molecule has 27 heavy (non-hydrogen) atoms. The van der Waals surface area contributed by atoms with E-state index in [1.165, 1.54) is 0 Å². The van der Waals surface area contributed by atoms with Crippen LogP contribution in [0, 0.1) is 0 Å². The van der Waals surface area contributed by atoms with Gasteiger partial charge in [-0.15, -0.1) is 0 Å². The molecule has 1 aliphatic rings. The number of hydrogen-bond acceptors (Lipinski definition) is 4. The quantitative estimate of drug-likeness (QED) is 0.718. The van der Waals surface area contributed by atoms with Crippen molar-refractivity contribution in [3.8, 4) is 0 Å². The second kappa shape index (κ2) is 9.03. The first kappa shape index (κ1) is 20.9. The van der Waals surface area contributed by atoms with Crippen molar-refractivity contribution >= 4 is 34.2 Å². The number of rotatable bonds is 2. The fourth-order valence-electron chi connectivity index (χ4n) is 2.34. The largest absolute Gasteiger partial charge is 0.490 e. The molecule has 1 heterocycles. The number of halogens is 4. The molecule has 0 unspecified atom stereocenters. The van der Waals surface area contributed by atoms with E-state index in [-0.39, 0.29) is 5.91 Å². The summed E-state index contributed by atoms with van der Waals surface area (Å²) in [4.78, 5) is 21.1. The van der Waals surface area contributed by atoms with Crippen molar-refractivity contribution in [3.63, 3.8) is 0 Å². The molecular formula is C17H17ClF3N3O3. The van der Waals surface area contributed by atoms with E-state index in [1.54, 1.807) is 0 Å². The van der Waals surface area contributed by atoms with Crippen molar-refractivity contribution in [3.05, 3.63) is 47.0 Å². The Kier molecular flexibility index (Phi) is 7.00. The number of benzene rings is 2. The Hall–Kier alpha value is -2.36. The summed E-state index contributed by atoms with van der Waals surface area (Å²) in [6.07, 6.45) is -5.08. The van der Waals surface area contributed by atoms with Crippen LogP contribution in [0.2, 0.25) is 5.02 Å². The van der Waals surface area contributed by atoms with Gasteiger partial charge in [0.25, 0.3) is 5.91 Å². The monoisotopic (exact) mass is 403 g/mol. The van der Waals surface area contributed by atoms with Crippen LogP contribution >= 0.6 is 11.6 Å². The Bertz CT molecular complexity index is 824. The van der Waals surface area contributed by atoms with E-state index in [0.29, 0.717) is 10.6 Å². The average molecular weight is 404 g/mol. The van der Waals surface area contributed by atoms with Gasteiger partial charge in [0.2, 0.25) is 0 Å². The summed E-state index contributed by atoms with van der Waals surface area (Å²) in [5.41, 5.74) is 3.60. The molecule has 146 valence electrons. The van der Waals surface area contributed by atoms with Gasteiger partial charge in [0, 0.05) is 36.8 Å². The Morgan fingerprint density at radius 3 is 2.22 bits per heavy atom.